The Balaban J connectivity index is 2.20. The van der Waals surface area contributed by atoms with E-state index < -0.39 is 0 Å². The zero-order chi connectivity index (χ0) is 13.8. The minimum Gasteiger partial charge on any atom is -0.495 e. The number of nitrogens with two attached hydrogens (primary N) is 1. The molecule has 0 spiro atoms. The van der Waals surface area contributed by atoms with Gasteiger partial charge in [0, 0.05) is 17.8 Å². The van der Waals surface area contributed by atoms with Crippen LogP contribution in [0.5, 0.6) is 5.75 Å². The minimum atomic E-state index is -0.185. The van der Waals surface area contributed by atoms with Gasteiger partial charge >= 0.3 is 0 Å². The van der Waals surface area contributed by atoms with Gasteiger partial charge in [-0.3, -0.25) is 4.98 Å². The number of benzene rings is 1. The summed E-state index contributed by atoms with van der Waals surface area (Å²) in [6.07, 6.45) is 4.01. The molecule has 0 fully saturated rings. The molecule has 19 heavy (non-hydrogen) atoms. The number of methoxy groups -OCH3 is 1. The molecule has 0 aliphatic rings. The third kappa shape index (κ3) is 3.38. The number of nitrogens with zero attached hydrogens (tertiary/aromatic N) is 1. The van der Waals surface area contributed by atoms with Gasteiger partial charge in [0.05, 0.1) is 23.4 Å². The van der Waals surface area contributed by atoms with Crippen molar-refractivity contribution >= 4 is 23.2 Å². The van der Waals surface area contributed by atoms with Crippen molar-refractivity contribution in [3.05, 3.63) is 57.8 Å². The van der Waals surface area contributed by atoms with Crippen LogP contribution >= 0.6 is 23.2 Å². The van der Waals surface area contributed by atoms with Crippen LogP contribution in [0.25, 0.3) is 0 Å². The van der Waals surface area contributed by atoms with Gasteiger partial charge in [-0.2, -0.15) is 0 Å². The summed E-state index contributed by atoms with van der Waals surface area (Å²) in [6.45, 7) is 0. The summed E-state index contributed by atoms with van der Waals surface area (Å²) >= 11 is 11.9. The maximum absolute atomic E-state index is 6.21. The molecular weight excluding hydrogens is 283 g/mol. The second-order valence-electron chi connectivity index (χ2n) is 4.18. The molecule has 0 saturated carbocycles. The van der Waals surface area contributed by atoms with Gasteiger partial charge in [-0.05, 0) is 30.2 Å². The van der Waals surface area contributed by atoms with E-state index >= 15 is 0 Å². The number of hydrogen-bond acceptors (Lipinski definition) is 3. The summed E-state index contributed by atoms with van der Waals surface area (Å²) in [4.78, 5) is 4.01. The number of ether oxygens (including phenoxy) is 1. The van der Waals surface area contributed by atoms with Crippen molar-refractivity contribution < 1.29 is 4.74 Å². The summed E-state index contributed by atoms with van der Waals surface area (Å²) in [5.74, 6) is 0.690. The number of aromatic nitrogens is 1. The number of rotatable bonds is 4. The number of pyridine rings is 1. The lowest BCUT2D eigenvalue weighted by Crippen LogP contribution is -2.14. The van der Waals surface area contributed by atoms with Crippen LogP contribution in [0, 0.1) is 0 Å². The summed E-state index contributed by atoms with van der Waals surface area (Å²) in [6, 6.07) is 7.20. The summed E-state index contributed by atoms with van der Waals surface area (Å²) in [5.41, 5.74) is 8.16. The molecular formula is C14H14Cl2N2O. The fraction of sp³-hybridized carbons (Fsp3) is 0.214. The molecule has 0 aliphatic carbocycles. The van der Waals surface area contributed by atoms with E-state index in [0.717, 1.165) is 11.1 Å². The first-order valence-electron chi connectivity index (χ1n) is 5.79. The average Bonchev–Trinajstić information content (AvgIpc) is 2.43. The van der Waals surface area contributed by atoms with Gasteiger partial charge in [-0.15, -0.1) is 0 Å². The van der Waals surface area contributed by atoms with Gasteiger partial charge in [-0.1, -0.05) is 29.3 Å². The molecule has 1 unspecified atom stereocenters. The third-order valence-corrected chi connectivity index (χ3v) is 3.61. The number of hydrogen-bond donors (Lipinski definition) is 1. The molecule has 0 saturated heterocycles. The van der Waals surface area contributed by atoms with Gasteiger partial charge in [0.15, 0.2) is 0 Å². The van der Waals surface area contributed by atoms with E-state index in [9.17, 15) is 0 Å². The topological polar surface area (TPSA) is 48.1 Å². The standard InChI is InChI=1S/C14H14Cl2N2O/c1-19-14-8-18-5-4-10(14)13(17)7-9-2-3-11(15)12(16)6-9/h2-6,8,13H,7,17H2,1H3. The lowest BCUT2D eigenvalue weighted by atomic mass is 10.00. The largest absolute Gasteiger partial charge is 0.495 e. The Morgan fingerprint density at radius 3 is 2.74 bits per heavy atom. The maximum atomic E-state index is 6.21. The highest BCUT2D eigenvalue weighted by molar-refractivity contribution is 6.42. The molecule has 1 atom stereocenters. The first-order valence-corrected chi connectivity index (χ1v) is 6.55. The summed E-state index contributed by atoms with van der Waals surface area (Å²) in [7, 11) is 1.60. The van der Waals surface area contributed by atoms with Crippen molar-refractivity contribution in [1.82, 2.24) is 4.98 Å². The van der Waals surface area contributed by atoms with E-state index in [-0.39, 0.29) is 6.04 Å². The van der Waals surface area contributed by atoms with Crippen LogP contribution < -0.4 is 10.5 Å². The van der Waals surface area contributed by atoms with Gasteiger partial charge in [0.1, 0.15) is 5.75 Å². The number of halogens is 2. The predicted octanol–water partition coefficient (Wildman–Crippen LogP) is 3.64. The Bertz CT molecular complexity index is 575. The van der Waals surface area contributed by atoms with Crippen LogP contribution in [-0.2, 0) is 6.42 Å². The highest BCUT2D eigenvalue weighted by Gasteiger charge is 2.13. The molecule has 2 N–H and O–H groups in total. The van der Waals surface area contributed by atoms with Crippen LogP contribution in [0.3, 0.4) is 0 Å². The first-order chi connectivity index (χ1) is 9.11. The molecule has 0 aliphatic heterocycles. The second-order valence-corrected chi connectivity index (χ2v) is 4.99. The second kappa shape index (κ2) is 6.24. The molecule has 2 aromatic rings. The monoisotopic (exact) mass is 296 g/mol. The maximum Gasteiger partial charge on any atom is 0.141 e. The van der Waals surface area contributed by atoms with Crippen molar-refractivity contribution in [3.8, 4) is 5.75 Å². The highest BCUT2D eigenvalue weighted by Crippen LogP contribution is 2.27. The van der Waals surface area contributed by atoms with Crippen molar-refractivity contribution in [2.75, 3.05) is 7.11 Å². The van der Waals surface area contributed by atoms with Gasteiger partial charge in [-0.25, -0.2) is 0 Å². The molecule has 5 heteroatoms. The molecule has 100 valence electrons. The zero-order valence-electron chi connectivity index (χ0n) is 10.4. The third-order valence-electron chi connectivity index (χ3n) is 2.88. The van der Waals surface area contributed by atoms with E-state index in [1.165, 1.54) is 0 Å². The highest BCUT2D eigenvalue weighted by atomic mass is 35.5. The Hall–Kier alpha value is -1.29. The van der Waals surface area contributed by atoms with Crippen molar-refractivity contribution in [1.29, 1.82) is 0 Å². The van der Waals surface area contributed by atoms with E-state index in [0.29, 0.717) is 22.2 Å². The molecule has 2 rings (SSSR count). The SMILES string of the molecule is COc1cnccc1C(N)Cc1ccc(Cl)c(Cl)c1. The normalized spacial score (nSPS) is 12.2. The van der Waals surface area contributed by atoms with Gasteiger partial charge in [0.2, 0.25) is 0 Å². The van der Waals surface area contributed by atoms with E-state index in [1.54, 1.807) is 25.6 Å². The Morgan fingerprint density at radius 1 is 1.26 bits per heavy atom. The van der Waals surface area contributed by atoms with Crippen LogP contribution in [0.15, 0.2) is 36.7 Å². The molecule has 0 radical (unpaired) electrons. The molecule has 0 bridgehead atoms. The predicted molar refractivity (Wildman–Crippen MR) is 77.9 cm³/mol. The Morgan fingerprint density at radius 2 is 2.05 bits per heavy atom. The first kappa shape index (κ1) is 14.1. The fourth-order valence-electron chi connectivity index (χ4n) is 1.90. The van der Waals surface area contributed by atoms with E-state index in [2.05, 4.69) is 4.98 Å². The summed E-state index contributed by atoms with van der Waals surface area (Å²) in [5, 5.41) is 1.08. The zero-order valence-corrected chi connectivity index (χ0v) is 11.9. The average molecular weight is 297 g/mol. The van der Waals surface area contributed by atoms with Crippen LogP contribution in [-0.4, -0.2) is 12.1 Å². The smallest absolute Gasteiger partial charge is 0.141 e. The van der Waals surface area contributed by atoms with Gasteiger partial charge in [0.25, 0.3) is 0 Å². The van der Waals surface area contributed by atoms with Crippen molar-refractivity contribution in [2.24, 2.45) is 5.73 Å². The lowest BCUT2D eigenvalue weighted by molar-refractivity contribution is 0.403. The van der Waals surface area contributed by atoms with Crippen molar-refractivity contribution in [2.45, 2.75) is 12.5 Å². The van der Waals surface area contributed by atoms with Crippen LogP contribution in [0.2, 0.25) is 10.0 Å². The van der Waals surface area contributed by atoms with E-state index in [4.69, 9.17) is 33.7 Å². The molecule has 3 nitrogen and oxygen atoms in total. The molecule has 1 heterocycles. The minimum absolute atomic E-state index is 0.185. The summed E-state index contributed by atoms with van der Waals surface area (Å²) < 4.78 is 5.26. The van der Waals surface area contributed by atoms with Crippen LogP contribution in [0.1, 0.15) is 17.2 Å². The lowest BCUT2D eigenvalue weighted by Gasteiger charge is -2.15. The molecule has 0 amide bonds. The van der Waals surface area contributed by atoms with Gasteiger partial charge < -0.3 is 10.5 Å². The Kier molecular flexibility index (Phi) is 4.64. The van der Waals surface area contributed by atoms with E-state index in [1.807, 2.05) is 18.2 Å². The fourth-order valence-corrected chi connectivity index (χ4v) is 2.22. The van der Waals surface area contributed by atoms with Crippen molar-refractivity contribution in [3.63, 3.8) is 0 Å². The van der Waals surface area contributed by atoms with Crippen LogP contribution in [0.4, 0.5) is 0 Å². The molecule has 1 aromatic carbocycles. The quantitative estimate of drug-likeness (QED) is 0.937. The molecule has 1 aromatic heterocycles. The Labute approximate surface area is 122 Å².